The lowest BCUT2D eigenvalue weighted by molar-refractivity contribution is -0.142. The van der Waals surface area contributed by atoms with E-state index >= 15 is 0 Å². The molecule has 1 aliphatic rings. The largest absolute Gasteiger partial charge is 0.465 e. The zero-order chi connectivity index (χ0) is 22.7. The van der Waals surface area contributed by atoms with Crippen molar-refractivity contribution in [3.05, 3.63) is 35.9 Å². The Hall–Kier alpha value is -2.09. The second-order valence-corrected chi connectivity index (χ2v) is 10.4. The Morgan fingerprint density at radius 2 is 1.74 bits per heavy atom. The number of piperidine rings is 1. The minimum Gasteiger partial charge on any atom is -0.465 e. The summed E-state index contributed by atoms with van der Waals surface area (Å²) in [4.78, 5) is 26.0. The number of carbonyl (C=O) groups excluding carboxylic acids is 2. The molecule has 31 heavy (non-hydrogen) atoms. The monoisotopic (exact) mass is 453 g/mol. The van der Waals surface area contributed by atoms with Gasteiger partial charge >= 0.3 is 12.1 Å². The molecule has 1 saturated heterocycles. The van der Waals surface area contributed by atoms with Gasteiger partial charge in [-0.2, -0.15) is 0 Å². The first-order valence-electron chi connectivity index (χ1n) is 11.2. The number of hydrogen-bond donors (Lipinski definition) is 0. The number of carbonyl (C=O) groups is 2. The quantitative estimate of drug-likeness (QED) is 0.372. The van der Waals surface area contributed by atoms with Crippen LogP contribution in [0.25, 0.3) is 0 Å². The summed E-state index contributed by atoms with van der Waals surface area (Å²) in [6, 6.07) is 9.62. The molecule has 1 aliphatic heterocycles. The summed E-state index contributed by atoms with van der Waals surface area (Å²) >= 11 is 0. The number of unbranched alkanes of at least 4 members (excludes halogenated alkanes) is 1. The number of rotatable bonds is 11. The van der Waals surface area contributed by atoms with Crippen molar-refractivity contribution in [2.24, 2.45) is 5.92 Å². The molecule has 1 unspecified atom stereocenters. The molecule has 1 aromatic carbocycles. The van der Waals surface area contributed by atoms with E-state index in [1.807, 2.05) is 30.3 Å². The van der Waals surface area contributed by atoms with E-state index in [0.29, 0.717) is 31.8 Å². The molecular weight excluding hydrogens is 418 g/mol. The second kappa shape index (κ2) is 12.7. The lowest BCUT2D eigenvalue weighted by Crippen LogP contribution is -2.38. The van der Waals surface area contributed by atoms with Crippen LogP contribution in [0.15, 0.2) is 30.3 Å². The standard InChI is InChI=1S/C23H35NO6S/c1-3-29-22(25)21(31(27,28)4-2)13-9-8-10-19-14-16-24(17-15-19)23(26)30-18-20-11-6-5-7-12-20/h5-7,11-12,19,21H,3-4,8-10,13-18H2,1-2H3. The highest BCUT2D eigenvalue weighted by atomic mass is 32.2. The Morgan fingerprint density at radius 1 is 1.06 bits per heavy atom. The van der Waals surface area contributed by atoms with Gasteiger partial charge < -0.3 is 14.4 Å². The molecule has 0 aliphatic carbocycles. The predicted octanol–water partition coefficient (Wildman–Crippen LogP) is 3.96. The highest BCUT2D eigenvalue weighted by molar-refractivity contribution is 7.92. The van der Waals surface area contributed by atoms with Gasteiger partial charge in [-0.3, -0.25) is 4.79 Å². The van der Waals surface area contributed by atoms with Gasteiger partial charge in [0.25, 0.3) is 0 Å². The van der Waals surface area contributed by atoms with Gasteiger partial charge in [0, 0.05) is 18.8 Å². The van der Waals surface area contributed by atoms with Crippen LogP contribution in [0.5, 0.6) is 0 Å². The third-order valence-corrected chi connectivity index (χ3v) is 7.89. The SMILES string of the molecule is CCOC(=O)C(CCCCC1CCN(C(=O)OCc2ccccc2)CC1)S(=O)(=O)CC. The molecule has 8 heteroatoms. The summed E-state index contributed by atoms with van der Waals surface area (Å²) in [5, 5.41) is -1.06. The molecule has 1 amide bonds. The Kier molecular flexibility index (Phi) is 10.3. The number of likely N-dealkylation sites (tertiary alicyclic amines) is 1. The lowest BCUT2D eigenvalue weighted by Gasteiger charge is -2.31. The van der Waals surface area contributed by atoms with Gasteiger partial charge in [-0.25, -0.2) is 13.2 Å². The van der Waals surface area contributed by atoms with Gasteiger partial charge in [-0.15, -0.1) is 0 Å². The first-order chi connectivity index (χ1) is 14.9. The molecule has 0 aromatic heterocycles. The average Bonchev–Trinajstić information content (AvgIpc) is 2.78. The minimum atomic E-state index is -3.46. The number of amides is 1. The van der Waals surface area contributed by atoms with Gasteiger partial charge in [0.1, 0.15) is 6.61 Å². The normalized spacial score (nSPS) is 16.0. The number of ether oxygens (including phenoxy) is 2. The van der Waals surface area contributed by atoms with E-state index in [2.05, 4.69) is 0 Å². The minimum absolute atomic E-state index is 0.0602. The summed E-state index contributed by atoms with van der Waals surface area (Å²) in [6.07, 6.45) is 4.35. The number of hydrogen-bond acceptors (Lipinski definition) is 6. The summed E-state index contributed by atoms with van der Waals surface area (Å²) in [7, 11) is -3.46. The molecule has 7 nitrogen and oxygen atoms in total. The van der Waals surface area contributed by atoms with E-state index < -0.39 is 21.1 Å². The van der Waals surface area contributed by atoms with Crippen molar-refractivity contribution >= 4 is 21.9 Å². The number of nitrogens with zero attached hydrogens (tertiary/aromatic N) is 1. The molecule has 0 N–H and O–H groups in total. The molecule has 1 aromatic rings. The van der Waals surface area contributed by atoms with Crippen LogP contribution in [0.4, 0.5) is 4.79 Å². The van der Waals surface area contributed by atoms with Crippen LogP contribution in [0.1, 0.15) is 57.9 Å². The average molecular weight is 454 g/mol. The van der Waals surface area contributed by atoms with Gasteiger partial charge in [-0.05, 0) is 37.7 Å². The first-order valence-corrected chi connectivity index (χ1v) is 12.9. The van der Waals surface area contributed by atoms with E-state index in [1.165, 1.54) is 0 Å². The molecule has 1 fully saturated rings. The molecule has 174 valence electrons. The molecule has 1 atom stereocenters. The predicted molar refractivity (Wildman–Crippen MR) is 119 cm³/mol. The van der Waals surface area contributed by atoms with Gasteiger partial charge in [0.2, 0.25) is 0 Å². The van der Waals surface area contributed by atoms with Crippen LogP contribution < -0.4 is 0 Å². The molecule has 2 rings (SSSR count). The number of benzene rings is 1. The number of esters is 1. The number of sulfone groups is 1. The van der Waals surface area contributed by atoms with Crippen molar-refractivity contribution in [3.8, 4) is 0 Å². The van der Waals surface area contributed by atoms with Crippen molar-refractivity contribution in [3.63, 3.8) is 0 Å². The summed E-state index contributed by atoms with van der Waals surface area (Å²) in [5.74, 6) is -0.191. The maximum atomic E-state index is 12.3. The fraction of sp³-hybridized carbons (Fsp3) is 0.652. The van der Waals surface area contributed by atoms with E-state index in [4.69, 9.17) is 9.47 Å². The van der Waals surface area contributed by atoms with Crippen molar-refractivity contribution in [2.45, 2.75) is 64.2 Å². The Bertz CT molecular complexity index is 788. The van der Waals surface area contributed by atoms with Crippen LogP contribution >= 0.6 is 0 Å². The van der Waals surface area contributed by atoms with Gasteiger partial charge in [0.05, 0.1) is 6.61 Å². The Balaban J connectivity index is 1.68. The summed E-state index contributed by atoms with van der Waals surface area (Å²) in [6.45, 7) is 5.04. The Morgan fingerprint density at radius 3 is 2.35 bits per heavy atom. The van der Waals surface area contributed by atoms with Crippen molar-refractivity contribution in [1.82, 2.24) is 4.90 Å². The zero-order valence-corrected chi connectivity index (χ0v) is 19.4. The van der Waals surface area contributed by atoms with Crippen molar-refractivity contribution in [2.75, 3.05) is 25.4 Å². The molecule has 0 bridgehead atoms. The molecule has 0 saturated carbocycles. The molecule has 0 radical (unpaired) electrons. The zero-order valence-electron chi connectivity index (χ0n) is 18.6. The van der Waals surface area contributed by atoms with E-state index in [0.717, 1.165) is 31.2 Å². The summed E-state index contributed by atoms with van der Waals surface area (Å²) in [5.41, 5.74) is 0.969. The Labute approximate surface area is 186 Å². The van der Waals surface area contributed by atoms with Crippen molar-refractivity contribution in [1.29, 1.82) is 0 Å². The van der Waals surface area contributed by atoms with Crippen LogP contribution in [-0.4, -0.2) is 56.1 Å². The molecule has 1 heterocycles. The molecular formula is C23H35NO6S. The fourth-order valence-electron chi connectivity index (χ4n) is 3.86. The van der Waals surface area contributed by atoms with E-state index in [1.54, 1.807) is 18.7 Å². The molecule has 0 spiro atoms. The van der Waals surface area contributed by atoms with Gasteiger partial charge in [-0.1, -0.05) is 56.5 Å². The topological polar surface area (TPSA) is 90.0 Å². The van der Waals surface area contributed by atoms with Crippen LogP contribution in [-0.2, 0) is 30.7 Å². The van der Waals surface area contributed by atoms with Crippen LogP contribution in [0.2, 0.25) is 0 Å². The second-order valence-electron chi connectivity index (χ2n) is 7.95. The third-order valence-electron chi connectivity index (χ3n) is 5.79. The maximum absolute atomic E-state index is 12.3. The highest BCUT2D eigenvalue weighted by Gasteiger charge is 2.32. The fourth-order valence-corrected chi connectivity index (χ4v) is 5.15. The van der Waals surface area contributed by atoms with Crippen LogP contribution in [0, 0.1) is 5.92 Å². The lowest BCUT2D eigenvalue weighted by atomic mass is 9.91. The van der Waals surface area contributed by atoms with Crippen molar-refractivity contribution < 1.29 is 27.5 Å². The van der Waals surface area contributed by atoms with Gasteiger partial charge in [0.15, 0.2) is 15.1 Å². The maximum Gasteiger partial charge on any atom is 0.410 e. The van der Waals surface area contributed by atoms with Crippen LogP contribution in [0.3, 0.4) is 0 Å². The highest BCUT2D eigenvalue weighted by Crippen LogP contribution is 2.24. The van der Waals surface area contributed by atoms with E-state index in [9.17, 15) is 18.0 Å². The third kappa shape index (κ3) is 8.16. The van der Waals surface area contributed by atoms with E-state index in [-0.39, 0.29) is 25.1 Å². The summed E-state index contributed by atoms with van der Waals surface area (Å²) < 4.78 is 34.8. The smallest absolute Gasteiger partial charge is 0.410 e. The first kappa shape index (κ1) is 25.2.